The van der Waals surface area contributed by atoms with E-state index in [0.717, 1.165) is 63.6 Å². The predicted molar refractivity (Wildman–Crippen MR) is 161 cm³/mol. The fourth-order valence-electron chi connectivity index (χ4n) is 5.45. The zero-order chi connectivity index (χ0) is 28.1. The summed E-state index contributed by atoms with van der Waals surface area (Å²) in [5.74, 6) is 1.39. The van der Waals surface area contributed by atoms with Gasteiger partial charge in [-0.25, -0.2) is 0 Å². The lowest BCUT2D eigenvalue weighted by Gasteiger charge is -2.49. The van der Waals surface area contributed by atoms with Gasteiger partial charge in [-0.2, -0.15) is 0 Å². The average molecular weight is 530 g/mol. The standard InChI is InChI=1S/C28H46N4O2.C3H9N/c1-7-23(27(34-9-3)16-21(4)5)19-30-12-10-25(11-13-30)32-15-14-31(20-24(32)8-2)28-26(33)17-22(6)18-29-28;1-3-4-2/h7,16-18,24-25,28-29,33H,1,8-15,19-20H2,2-6H3;4H,3H2,1-2H3/b27-23-;. The Bertz CT molecular complexity index is 848. The number of dihydropyridines is 1. The second-order valence-corrected chi connectivity index (χ2v) is 10.8. The van der Waals surface area contributed by atoms with Crippen LogP contribution in [0.1, 0.15) is 60.8 Å². The molecule has 2 fully saturated rings. The molecule has 0 aliphatic carbocycles. The Labute approximate surface area is 233 Å². The van der Waals surface area contributed by atoms with E-state index < -0.39 is 0 Å². The summed E-state index contributed by atoms with van der Waals surface area (Å²) in [6.45, 7) is 24.5. The van der Waals surface area contributed by atoms with Crippen LogP contribution in [0.15, 0.2) is 59.2 Å². The van der Waals surface area contributed by atoms with Gasteiger partial charge in [-0.1, -0.05) is 32.1 Å². The number of nitrogens with one attached hydrogen (secondary N) is 2. The van der Waals surface area contributed by atoms with Crippen LogP contribution >= 0.6 is 0 Å². The molecule has 38 heavy (non-hydrogen) atoms. The Morgan fingerprint density at radius 2 is 1.87 bits per heavy atom. The topological polar surface area (TPSA) is 63.2 Å². The summed E-state index contributed by atoms with van der Waals surface area (Å²) in [6, 6.07) is 1.16. The van der Waals surface area contributed by atoms with Crippen molar-refractivity contribution in [3.05, 3.63) is 59.2 Å². The molecule has 3 heterocycles. The molecule has 0 aromatic heterocycles. The summed E-state index contributed by atoms with van der Waals surface area (Å²) in [4.78, 5) is 7.69. The van der Waals surface area contributed by atoms with Crippen molar-refractivity contribution >= 4 is 0 Å². The number of rotatable bonds is 10. The first-order chi connectivity index (χ1) is 18.3. The van der Waals surface area contributed by atoms with Crippen molar-refractivity contribution in [2.24, 2.45) is 0 Å². The lowest BCUT2D eigenvalue weighted by molar-refractivity contribution is -0.00423. The first-order valence-electron chi connectivity index (χ1n) is 14.6. The van der Waals surface area contributed by atoms with Crippen LogP contribution in [0.25, 0.3) is 0 Å². The van der Waals surface area contributed by atoms with Crippen LogP contribution in [0.4, 0.5) is 0 Å². The van der Waals surface area contributed by atoms with E-state index in [9.17, 15) is 5.11 Å². The fraction of sp³-hybridized carbons (Fsp3) is 0.677. The van der Waals surface area contributed by atoms with E-state index in [1.54, 1.807) is 0 Å². The van der Waals surface area contributed by atoms with Crippen LogP contribution in [-0.4, -0.2) is 97.5 Å². The van der Waals surface area contributed by atoms with Crippen molar-refractivity contribution < 1.29 is 9.84 Å². The van der Waals surface area contributed by atoms with Gasteiger partial charge in [-0.15, -0.1) is 0 Å². The van der Waals surface area contributed by atoms with E-state index in [1.807, 2.05) is 39.2 Å². The molecule has 3 N–H and O–H groups in total. The maximum absolute atomic E-state index is 10.5. The number of piperazine rings is 1. The summed E-state index contributed by atoms with van der Waals surface area (Å²) in [5.41, 5.74) is 3.48. The third-order valence-corrected chi connectivity index (χ3v) is 7.58. The zero-order valence-corrected chi connectivity index (χ0v) is 25.2. The minimum atomic E-state index is -0.0915. The molecular formula is C31H55N5O2. The highest BCUT2D eigenvalue weighted by atomic mass is 16.5. The second kappa shape index (κ2) is 16.8. The first-order valence-corrected chi connectivity index (χ1v) is 14.6. The number of nitrogens with zero attached hydrogens (tertiary/aromatic N) is 3. The van der Waals surface area contributed by atoms with Crippen molar-refractivity contribution in [1.82, 2.24) is 25.3 Å². The van der Waals surface area contributed by atoms with Gasteiger partial charge in [0, 0.05) is 50.0 Å². The molecule has 2 atom stereocenters. The van der Waals surface area contributed by atoms with Crippen molar-refractivity contribution in [3.8, 4) is 0 Å². The molecule has 0 spiro atoms. The maximum atomic E-state index is 10.5. The summed E-state index contributed by atoms with van der Waals surface area (Å²) < 4.78 is 5.93. The number of likely N-dealkylation sites (tertiary alicyclic amines) is 1. The van der Waals surface area contributed by atoms with Gasteiger partial charge in [0.25, 0.3) is 0 Å². The van der Waals surface area contributed by atoms with Gasteiger partial charge in [-0.05, 0) is 91.4 Å². The number of ether oxygens (including phenoxy) is 1. The molecule has 0 saturated carbocycles. The quantitative estimate of drug-likeness (QED) is 0.278. The minimum absolute atomic E-state index is 0.0915. The number of hydrogen-bond donors (Lipinski definition) is 3. The summed E-state index contributed by atoms with van der Waals surface area (Å²) in [7, 11) is 1.93. The van der Waals surface area contributed by atoms with Crippen LogP contribution < -0.4 is 10.6 Å². The molecule has 3 aliphatic heterocycles. The zero-order valence-electron chi connectivity index (χ0n) is 25.2. The Morgan fingerprint density at radius 1 is 1.18 bits per heavy atom. The SMILES string of the molecule is C=C/C(CN1CCC(N2CCN(C3NC=C(C)C=C3O)CC2CC)CC1)=C(\C=C(C)C)OCC.CCNC. The molecule has 0 amide bonds. The highest BCUT2D eigenvalue weighted by Crippen LogP contribution is 2.26. The van der Waals surface area contributed by atoms with Gasteiger partial charge >= 0.3 is 0 Å². The average Bonchev–Trinajstić information content (AvgIpc) is 2.91. The van der Waals surface area contributed by atoms with Crippen LogP contribution in [0.2, 0.25) is 0 Å². The summed E-state index contributed by atoms with van der Waals surface area (Å²) >= 11 is 0. The van der Waals surface area contributed by atoms with Crippen LogP contribution in [0.5, 0.6) is 0 Å². The Morgan fingerprint density at radius 3 is 2.39 bits per heavy atom. The largest absolute Gasteiger partial charge is 0.509 e. The number of piperidine rings is 1. The minimum Gasteiger partial charge on any atom is -0.509 e. The van der Waals surface area contributed by atoms with Crippen molar-refractivity contribution in [2.45, 2.75) is 79.1 Å². The molecular weight excluding hydrogens is 474 g/mol. The lowest BCUT2D eigenvalue weighted by Crippen LogP contribution is -2.62. The normalized spacial score (nSPS) is 24.2. The van der Waals surface area contributed by atoms with Gasteiger partial charge in [0.1, 0.15) is 17.7 Å². The van der Waals surface area contributed by atoms with E-state index in [0.29, 0.717) is 24.4 Å². The highest BCUT2D eigenvalue weighted by Gasteiger charge is 2.36. The Balaban J connectivity index is 0.00000118. The van der Waals surface area contributed by atoms with E-state index in [1.165, 1.54) is 24.0 Å². The van der Waals surface area contributed by atoms with Gasteiger partial charge in [-0.3, -0.25) is 14.7 Å². The molecule has 0 bridgehead atoms. The molecule has 0 aromatic carbocycles. The number of aliphatic hydroxyl groups is 1. The van der Waals surface area contributed by atoms with Crippen molar-refractivity contribution in [1.29, 1.82) is 0 Å². The number of hydrogen-bond acceptors (Lipinski definition) is 7. The third-order valence-electron chi connectivity index (χ3n) is 7.58. The van der Waals surface area contributed by atoms with Crippen molar-refractivity contribution in [3.63, 3.8) is 0 Å². The van der Waals surface area contributed by atoms with Gasteiger partial charge in [0.15, 0.2) is 0 Å². The van der Waals surface area contributed by atoms with Crippen molar-refractivity contribution in [2.75, 3.05) is 59.5 Å². The van der Waals surface area contributed by atoms with E-state index in [2.05, 4.69) is 65.7 Å². The first kappa shape index (κ1) is 32.2. The monoisotopic (exact) mass is 529 g/mol. The highest BCUT2D eigenvalue weighted by molar-refractivity contribution is 5.31. The third kappa shape index (κ3) is 9.60. The van der Waals surface area contributed by atoms with Gasteiger partial charge in [0.2, 0.25) is 0 Å². The Kier molecular flexibility index (Phi) is 14.2. The van der Waals surface area contributed by atoms with Crippen LogP contribution in [-0.2, 0) is 4.74 Å². The summed E-state index contributed by atoms with van der Waals surface area (Å²) in [6.07, 6.45) is 11.4. The Hall–Kier alpha value is -2.06. The molecule has 3 rings (SSSR count). The van der Waals surface area contributed by atoms with Crippen LogP contribution in [0, 0.1) is 0 Å². The molecule has 3 aliphatic rings. The van der Waals surface area contributed by atoms with Gasteiger partial charge < -0.3 is 20.5 Å². The summed E-state index contributed by atoms with van der Waals surface area (Å²) in [5, 5.41) is 16.8. The van der Waals surface area contributed by atoms with E-state index >= 15 is 0 Å². The molecule has 216 valence electrons. The van der Waals surface area contributed by atoms with Crippen LogP contribution in [0.3, 0.4) is 0 Å². The maximum Gasteiger partial charge on any atom is 0.138 e. The molecule has 2 saturated heterocycles. The molecule has 7 heteroatoms. The fourth-order valence-corrected chi connectivity index (χ4v) is 5.45. The lowest BCUT2D eigenvalue weighted by atomic mass is 9.97. The molecule has 2 unspecified atom stereocenters. The molecule has 0 aromatic rings. The van der Waals surface area contributed by atoms with E-state index in [-0.39, 0.29) is 6.17 Å². The smallest absolute Gasteiger partial charge is 0.138 e. The molecule has 0 radical (unpaired) electrons. The van der Waals surface area contributed by atoms with Gasteiger partial charge in [0.05, 0.1) is 6.61 Å². The number of allylic oxidation sites excluding steroid dienone is 4. The predicted octanol–water partition coefficient (Wildman–Crippen LogP) is 4.79. The second-order valence-electron chi connectivity index (χ2n) is 10.8. The molecule has 7 nitrogen and oxygen atoms in total. The number of aliphatic hydroxyl groups excluding tert-OH is 1. The van der Waals surface area contributed by atoms with E-state index in [4.69, 9.17) is 4.74 Å².